The molecule has 2 nitrogen and oxygen atoms in total. The topological polar surface area (TPSA) is 18.5 Å². The molecular formula is C16H21BO2S. The predicted octanol–water partition coefficient (Wildman–Crippen LogP) is 2.76. The molecule has 20 heavy (non-hydrogen) atoms. The number of terminal acetylenes is 1. The third kappa shape index (κ3) is 2.63. The van der Waals surface area contributed by atoms with Gasteiger partial charge in [0.1, 0.15) is 0 Å². The second-order valence-electron chi connectivity index (χ2n) is 6.29. The zero-order chi connectivity index (χ0) is 15.1. The summed E-state index contributed by atoms with van der Waals surface area (Å²) in [5.41, 5.74) is 2.55. The molecule has 0 aromatic heterocycles. The Morgan fingerprint density at radius 3 is 2.25 bits per heavy atom. The molecule has 0 radical (unpaired) electrons. The van der Waals surface area contributed by atoms with Gasteiger partial charge in [-0.2, -0.15) is 0 Å². The van der Waals surface area contributed by atoms with Crippen molar-refractivity contribution in [1.82, 2.24) is 0 Å². The van der Waals surface area contributed by atoms with Crippen LogP contribution >= 0.6 is 12.6 Å². The first-order valence-corrected chi connectivity index (χ1v) is 7.24. The van der Waals surface area contributed by atoms with Gasteiger partial charge in [-0.05, 0) is 63.3 Å². The lowest BCUT2D eigenvalue weighted by Gasteiger charge is -2.32. The maximum absolute atomic E-state index is 6.11. The first kappa shape index (κ1) is 15.5. The van der Waals surface area contributed by atoms with Gasteiger partial charge < -0.3 is 9.31 Å². The molecule has 0 unspecified atom stereocenters. The summed E-state index contributed by atoms with van der Waals surface area (Å²) in [7, 11) is -0.372. The van der Waals surface area contributed by atoms with E-state index in [2.05, 4.69) is 53.2 Å². The molecule has 2 rings (SSSR count). The van der Waals surface area contributed by atoms with E-state index in [4.69, 9.17) is 15.7 Å². The summed E-state index contributed by atoms with van der Waals surface area (Å²) in [6, 6.07) is 4.01. The zero-order valence-corrected chi connectivity index (χ0v) is 13.7. The fourth-order valence-electron chi connectivity index (χ4n) is 2.29. The number of benzene rings is 1. The van der Waals surface area contributed by atoms with Crippen LogP contribution in [0.15, 0.2) is 17.0 Å². The largest absolute Gasteiger partial charge is 0.495 e. The Hall–Kier alpha value is -0.885. The molecule has 1 aliphatic heterocycles. The SMILES string of the molecule is C#CCc1cc(S)cc(B2OC(C)(C)C(C)(C)O2)c1C. The van der Waals surface area contributed by atoms with Crippen molar-refractivity contribution >= 4 is 25.2 Å². The van der Waals surface area contributed by atoms with Crippen LogP contribution in [-0.2, 0) is 15.7 Å². The molecule has 0 spiro atoms. The third-order valence-corrected chi connectivity index (χ3v) is 4.60. The quantitative estimate of drug-likeness (QED) is 0.512. The van der Waals surface area contributed by atoms with Crippen LogP contribution in [-0.4, -0.2) is 18.3 Å². The molecule has 0 bridgehead atoms. The molecular weight excluding hydrogens is 267 g/mol. The highest BCUT2D eigenvalue weighted by molar-refractivity contribution is 7.80. The van der Waals surface area contributed by atoms with Crippen molar-refractivity contribution in [2.24, 2.45) is 0 Å². The first-order valence-electron chi connectivity index (χ1n) is 6.79. The molecule has 1 saturated heterocycles. The van der Waals surface area contributed by atoms with Crippen LogP contribution in [0.5, 0.6) is 0 Å². The number of hydrogen-bond donors (Lipinski definition) is 1. The molecule has 106 valence electrons. The minimum Gasteiger partial charge on any atom is -0.399 e. The van der Waals surface area contributed by atoms with E-state index >= 15 is 0 Å². The zero-order valence-electron chi connectivity index (χ0n) is 12.8. The van der Waals surface area contributed by atoms with E-state index in [1.54, 1.807) is 0 Å². The van der Waals surface area contributed by atoms with E-state index in [9.17, 15) is 0 Å². The van der Waals surface area contributed by atoms with E-state index in [0.29, 0.717) is 6.42 Å². The van der Waals surface area contributed by atoms with Crippen LogP contribution in [0.1, 0.15) is 38.8 Å². The summed E-state index contributed by atoms with van der Waals surface area (Å²) in [6.07, 6.45) is 6.02. The van der Waals surface area contributed by atoms with E-state index < -0.39 is 0 Å². The smallest absolute Gasteiger partial charge is 0.399 e. The lowest BCUT2D eigenvalue weighted by molar-refractivity contribution is 0.00578. The molecule has 0 amide bonds. The van der Waals surface area contributed by atoms with Crippen molar-refractivity contribution in [3.8, 4) is 12.3 Å². The van der Waals surface area contributed by atoms with Crippen LogP contribution in [0.4, 0.5) is 0 Å². The summed E-state index contributed by atoms with van der Waals surface area (Å²) < 4.78 is 12.2. The monoisotopic (exact) mass is 288 g/mol. The average Bonchev–Trinajstić information content (AvgIpc) is 2.53. The van der Waals surface area contributed by atoms with Gasteiger partial charge in [-0.15, -0.1) is 25.0 Å². The van der Waals surface area contributed by atoms with E-state index in [1.807, 2.05) is 12.1 Å². The molecule has 0 N–H and O–H groups in total. The summed E-state index contributed by atoms with van der Waals surface area (Å²) >= 11 is 4.46. The molecule has 1 aromatic rings. The van der Waals surface area contributed by atoms with Crippen LogP contribution in [0.25, 0.3) is 0 Å². The van der Waals surface area contributed by atoms with Gasteiger partial charge in [0.15, 0.2) is 0 Å². The standard InChI is InChI=1S/C16H21BO2S/c1-7-8-12-9-13(20)10-14(11(12)2)17-18-15(3,4)16(5,6)19-17/h1,9-10,20H,8H2,2-6H3. The van der Waals surface area contributed by atoms with Gasteiger partial charge in [-0.25, -0.2) is 0 Å². The van der Waals surface area contributed by atoms with Crippen LogP contribution < -0.4 is 5.46 Å². The van der Waals surface area contributed by atoms with Crippen LogP contribution in [0.3, 0.4) is 0 Å². The van der Waals surface area contributed by atoms with Crippen LogP contribution in [0.2, 0.25) is 0 Å². The molecule has 1 aliphatic rings. The third-order valence-electron chi connectivity index (χ3n) is 4.34. The van der Waals surface area contributed by atoms with Crippen molar-refractivity contribution in [3.63, 3.8) is 0 Å². The Morgan fingerprint density at radius 1 is 1.20 bits per heavy atom. The van der Waals surface area contributed by atoms with Gasteiger partial charge in [-0.3, -0.25) is 0 Å². The predicted molar refractivity (Wildman–Crippen MR) is 86.7 cm³/mol. The normalized spacial score (nSPS) is 19.9. The summed E-state index contributed by atoms with van der Waals surface area (Å²) in [5.74, 6) is 2.69. The maximum atomic E-state index is 6.11. The van der Waals surface area contributed by atoms with E-state index in [1.165, 1.54) is 0 Å². The van der Waals surface area contributed by atoms with Crippen molar-refractivity contribution in [3.05, 3.63) is 23.3 Å². The van der Waals surface area contributed by atoms with Gasteiger partial charge in [0, 0.05) is 11.3 Å². The lowest BCUT2D eigenvalue weighted by atomic mass is 9.75. The van der Waals surface area contributed by atoms with Gasteiger partial charge in [0.2, 0.25) is 0 Å². The summed E-state index contributed by atoms with van der Waals surface area (Å²) in [6.45, 7) is 10.3. The first-order chi connectivity index (χ1) is 9.18. The highest BCUT2D eigenvalue weighted by atomic mass is 32.1. The Kier molecular flexibility index (Phi) is 3.99. The molecule has 4 heteroatoms. The summed E-state index contributed by atoms with van der Waals surface area (Å²) in [5, 5.41) is 0. The van der Waals surface area contributed by atoms with E-state index in [0.717, 1.165) is 21.5 Å². The summed E-state index contributed by atoms with van der Waals surface area (Å²) in [4.78, 5) is 0.880. The molecule has 0 saturated carbocycles. The molecule has 0 aliphatic carbocycles. The Morgan fingerprint density at radius 2 is 1.75 bits per heavy atom. The Balaban J connectivity index is 2.43. The van der Waals surface area contributed by atoms with Gasteiger partial charge in [-0.1, -0.05) is 0 Å². The maximum Gasteiger partial charge on any atom is 0.495 e. The highest BCUT2D eigenvalue weighted by Gasteiger charge is 2.52. The lowest BCUT2D eigenvalue weighted by Crippen LogP contribution is -2.41. The molecule has 1 aromatic carbocycles. The Bertz CT molecular complexity index is 557. The minimum absolute atomic E-state index is 0.344. The fourth-order valence-corrected chi connectivity index (χ4v) is 2.58. The van der Waals surface area contributed by atoms with Crippen molar-refractivity contribution in [1.29, 1.82) is 0 Å². The fraction of sp³-hybridized carbons (Fsp3) is 0.500. The highest BCUT2D eigenvalue weighted by Crippen LogP contribution is 2.37. The molecule has 1 heterocycles. The van der Waals surface area contributed by atoms with E-state index in [-0.39, 0.29) is 18.3 Å². The average molecular weight is 288 g/mol. The van der Waals surface area contributed by atoms with Gasteiger partial charge in [0.05, 0.1) is 11.2 Å². The molecule has 0 atom stereocenters. The van der Waals surface area contributed by atoms with Gasteiger partial charge >= 0.3 is 7.12 Å². The van der Waals surface area contributed by atoms with Gasteiger partial charge in [0.25, 0.3) is 0 Å². The number of thiol groups is 1. The number of hydrogen-bond acceptors (Lipinski definition) is 3. The Labute approximate surface area is 127 Å². The van der Waals surface area contributed by atoms with Crippen LogP contribution in [0, 0.1) is 19.3 Å². The minimum atomic E-state index is -0.372. The van der Waals surface area contributed by atoms with Crippen molar-refractivity contribution in [2.75, 3.05) is 0 Å². The van der Waals surface area contributed by atoms with Crippen molar-refractivity contribution in [2.45, 2.75) is 57.1 Å². The molecule has 1 fully saturated rings. The number of rotatable bonds is 2. The second kappa shape index (κ2) is 5.14. The second-order valence-corrected chi connectivity index (χ2v) is 6.80. The van der Waals surface area contributed by atoms with Crippen molar-refractivity contribution < 1.29 is 9.31 Å².